The van der Waals surface area contributed by atoms with Crippen molar-refractivity contribution >= 4 is 11.8 Å². The Bertz CT molecular complexity index is 349. The SMILES string of the molecule is CCC(N)C(SCCC(C)C)c1ccccc1C. The third-order valence-corrected chi connectivity index (χ3v) is 4.78. The summed E-state index contributed by atoms with van der Waals surface area (Å²) in [6.45, 7) is 8.93. The molecule has 1 rings (SSSR count). The molecule has 0 saturated carbocycles. The first-order valence-corrected chi connectivity index (χ1v) is 8.03. The smallest absolute Gasteiger partial charge is 0.0450 e. The van der Waals surface area contributed by atoms with Crippen LogP contribution in [0.5, 0.6) is 0 Å². The van der Waals surface area contributed by atoms with Gasteiger partial charge in [0.15, 0.2) is 0 Å². The zero-order chi connectivity index (χ0) is 13.5. The Labute approximate surface area is 117 Å². The molecule has 0 amide bonds. The van der Waals surface area contributed by atoms with Gasteiger partial charge < -0.3 is 5.73 Å². The average molecular weight is 265 g/mol. The van der Waals surface area contributed by atoms with Gasteiger partial charge in [-0.05, 0) is 42.6 Å². The zero-order valence-electron chi connectivity index (χ0n) is 12.1. The van der Waals surface area contributed by atoms with Crippen molar-refractivity contribution in [1.82, 2.24) is 0 Å². The second-order valence-electron chi connectivity index (χ2n) is 5.40. The summed E-state index contributed by atoms with van der Waals surface area (Å²) in [4.78, 5) is 0. The average Bonchev–Trinajstić information content (AvgIpc) is 2.35. The molecule has 1 aromatic carbocycles. The lowest BCUT2D eigenvalue weighted by Gasteiger charge is -2.25. The van der Waals surface area contributed by atoms with Crippen LogP contribution in [0.4, 0.5) is 0 Å². The monoisotopic (exact) mass is 265 g/mol. The number of hydrogen-bond acceptors (Lipinski definition) is 2. The first-order chi connectivity index (χ1) is 8.56. The van der Waals surface area contributed by atoms with Gasteiger partial charge in [-0.1, -0.05) is 45.0 Å². The van der Waals surface area contributed by atoms with E-state index >= 15 is 0 Å². The highest BCUT2D eigenvalue weighted by atomic mass is 32.2. The van der Waals surface area contributed by atoms with Crippen LogP contribution in [0.25, 0.3) is 0 Å². The highest BCUT2D eigenvalue weighted by Crippen LogP contribution is 2.35. The molecule has 0 aliphatic carbocycles. The second-order valence-corrected chi connectivity index (χ2v) is 6.65. The predicted octanol–water partition coefficient (Wildman–Crippen LogP) is 4.55. The lowest BCUT2D eigenvalue weighted by molar-refractivity contribution is 0.617. The Balaban J connectivity index is 2.75. The van der Waals surface area contributed by atoms with E-state index in [1.165, 1.54) is 23.3 Å². The summed E-state index contributed by atoms with van der Waals surface area (Å²) in [6.07, 6.45) is 2.30. The van der Waals surface area contributed by atoms with E-state index in [2.05, 4.69) is 52.0 Å². The van der Waals surface area contributed by atoms with Crippen molar-refractivity contribution in [3.63, 3.8) is 0 Å². The van der Waals surface area contributed by atoms with Gasteiger partial charge in [0.2, 0.25) is 0 Å². The van der Waals surface area contributed by atoms with E-state index in [9.17, 15) is 0 Å². The Morgan fingerprint density at radius 3 is 2.44 bits per heavy atom. The van der Waals surface area contributed by atoms with Crippen LogP contribution in [-0.4, -0.2) is 11.8 Å². The fraction of sp³-hybridized carbons (Fsp3) is 0.625. The molecule has 1 nitrogen and oxygen atoms in total. The van der Waals surface area contributed by atoms with Gasteiger partial charge in [0.25, 0.3) is 0 Å². The van der Waals surface area contributed by atoms with Crippen LogP contribution in [0, 0.1) is 12.8 Å². The summed E-state index contributed by atoms with van der Waals surface area (Å²) in [5, 5.41) is 0.440. The van der Waals surface area contributed by atoms with Gasteiger partial charge in [0, 0.05) is 11.3 Å². The standard InChI is InChI=1S/C16H27NS/c1-5-15(17)16(18-11-10-12(2)3)14-9-7-6-8-13(14)4/h6-9,12,15-16H,5,10-11,17H2,1-4H3. The lowest BCUT2D eigenvalue weighted by Crippen LogP contribution is -2.26. The minimum atomic E-state index is 0.253. The lowest BCUT2D eigenvalue weighted by atomic mass is 10.00. The Kier molecular flexibility index (Phi) is 6.80. The molecule has 0 spiro atoms. The first-order valence-electron chi connectivity index (χ1n) is 6.99. The summed E-state index contributed by atoms with van der Waals surface area (Å²) < 4.78 is 0. The Morgan fingerprint density at radius 1 is 1.22 bits per heavy atom. The fourth-order valence-electron chi connectivity index (χ4n) is 1.99. The molecule has 1 aromatic rings. The maximum atomic E-state index is 6.31. The van der Waals surface area contributed by atoms with Crippen molar-refractivity contribution in [3.8, 4) is 0 Å². The first kappa shape index (κ1) is 15.6. The van der Waals surface area contributed by atoms with Crippen LogP contribution in [0.15, 0.2) is 24.3 Å². The molecular weight excluding hydrogens is 238 g/mol. The Morgan fingerprint density at radius 2 is 1.89 bits per heavy atom. The third-order valence-electron chi connectivity index (χ3n) is 3.35. The van der Waals surface area contributed by atoms with E-state index in [0.29, 0.717) is 5.25 Å². The maximum absolute atomic E-state index is 6.31. The van der Waals surface area contributed by atoms with Crippen molar-refractivity contribution in [2.75, 3.05) is 5.75 Å². The van der Waals surface area contributed by atoms with Crippen molar-refractivity contribution < 1.29 is 0 Å². The molecule has 0 aliphatic heterocycles. The van der Waals surface area contributed by atoms with E-state index < -0.39 is 0 Å². The highest BCUT2D eigenvalue weighted by Gasteiger charge is 2.20. The Hall–Kier alpha value is -0.470. The molecule has 102 valence electrons. The second kappa shape index (κ2) is 7.85. The van der Waals surface area contributed by atoms with E-state index in [4.69, 9.17) is 5.73 Å². The van der Waals surface area contributed by atoms with Crippen LogP contribution in [0.2, 0.25) is 0 Å². The molecule has 0 heterocycles. The molecule has 2 heteroatoms. The molecule has 0 saturated heterocycles. The molecule has 0 radical (unpaired) electrons. The molecule has 2 atom stereocenters. The molecule has 2 unspecified atom stereocenters. The van der Waals surface area contributed by atoms with Gasteiger partial charge in [-0.2, -0.15) is 11.8 Å². The van der Waals surface area contributed by atoms with Crippen LogP contribution >= 0.6 is 11.8 Å². The minimum Gasteiger partial charge on any atom is -0.326 e. The number of hydrogen-bond donors (Lipinski definition) is 1. The third kappa shape index (κ3) is 4.66. The number of benzene rings is 1. The molecule has 2 N–H and O–H groups in total. The van der Waals surface area contributed by atoms with E-state index in [-0.39, 0.29) is 6.04 Å². The quantitative estimate of drug-likeness (QED) is 0.782. The van der Waals surface area contributed by atoms with Gasteiger partial charge >= 0.3 is 0 Å². The number of aryl methyl sites for hydroxylation is 1. The van der Waals surface area contributed by atoms with Crippen LogP contribution in [-0.2, 0) is 0 Å². The largest absolute Gasteiger partial charge is 0.326 e. The van der Waals surface area contributed by atoms with Crippen LogP contribution in [0.3, 0.4) is 0 Å². The molecule has 18 heavy (non-hydrogen) atoms. The van der Waals surface area contributed by atoms with Gasteiger partial charge in [-0.25, -0.2) is 0 Å². The zero-order valence-corrected chi connectivity index (χ0v) is 13.0. The summed E-state index contributed by atoms with van der Waals surface area (Å²) in [6, 6.07) is 8.90. The fourth-order valence-corrected chi connectivity index (χ4v) is 3.74. The van der Waals surface area contributed by atoms with E-state index in [0.717, 1.165) is 12.3 Å². The maximum Gasteiger partial charge on any atom is 0.0450 e. The number of nitrogens with two attached hydrogens (primary N) is 1. The number of rotatable bonds is 7. The van der Waals surface area contributed by atoms with Crippen molar-refractivity contribution in [3.05, 3.63) is 35.4 Å². The van der Waals surface area contributed by atoms with Gasteiger partial charge in [-0.15, -0.1) is 0 Å². The molecule has 0 fully saturated rings. The van der Waals surface area contributed by atoms with Crippen LogP contribution in [0.1, 0.15) is 50.0 Å². The number of thioether (sulfide) groups is 1. The molecular formula is C16H27NS. The summed E-state index contributed by atoms with van der Waals surface area (Å²) in [7, 11) is 0. The minimum absolute atomic E-state index is 0.253. The van der Waals surface area contributed by atoms with Crippen LogP contribution < -0.4 is 5.73 Å². The van der Waals surface area contributed by atoms with Gasteiger partial charge in [-0.3, -0.25) is 0 Å². The topological polar surface area (TPSA) is 26.0 Å². The van der Waals surface area contributed by atoms with E-state index in [1.54, 1.807) is 0 Å². The molecule has 0 aliphatic rings. The molecule has 0 aromatic heterocycles. The summed E-state index contributed by atoms with van der Waals surface area (Å²) >= 11 is 2.02. The summed E-state index contributed by atoms with van der Waals surface area (Å²) in [5.41, 5.74) is 9.10. The highest BCUT2D eigenvalue weighted by molar-refractivity contribution is 7.99. The normalized spacial score (nSPS) is 14.8. The molecule has 0 bridgehead atoms. The van der Waals surface area contributed by atoms with Crippen molar-refractivity contribution in [2.45, 2.75) is 51.8 Å². The van der Waals surface area contributed by atoms with Gasteiger partial charge in [0.1, 0.15) is 0 Å². The van der Waals surface area contributed by atoms with Gasteiger partial charge in [0.05, 0.1) is 0 Å². The van der Waals surface area contributed by atoms with Crippen molar-refractivity contribution in [1.29, 1.82) is 0 Å². The van der Waals surface area contributed by atoms with E-state index in [1.807, 2.05) is 11.8 Å². The van der Waals surface area contributed by atoms with Crippen molar-refractivity contribution in [2.24, 2.45) is 11.7 Å². The summed E-state index contributed by atoms with van der Waals surface area (Å²) in [5.74, 6) is 1.97. The predicted molar refractivity (Wildman–Crippen MR) is 84.1 cm³/mol.